The van der Waals surface area contributed by atoms with Crippen LogP contribution in [-0.4, -0.2) is 20.4 Å². The van der Waals surface area contributed by atoms with Crippen molar-refractivity contribution in [2.75, 3.05) is 0 Å². The van der Waals surface area contributed by atoms with E-state index < -0.39 is 28.1 Å². The first-order valence-electron chi connectivity index (χ1n) is 9.73. The SMILES string of the molecule is C#C[C@@H](OC(=O)[C@H](Cc1ccccc1)NS(=O)(=O)c1ccc(C)cc1)c1ccccc1. The van der Waals surface area contributed by atoms with E-state index in [1.165, 1.54) is 12.1 Å². The number of rotatable bonds is 8. The lowest BCUT2D eigenvalue weighted by Crippen LogP contribution is -2.43. The van der Waals surface area contributed by atoms with Crippen LogP contribution < -0.4 is 4.72 Å². The zero-order valence-corrected chi connectivity index (χ0v) is 17.9. The molecule has 0 saturated carbocycles. The first-order chi connectivity index (χ1) is 14.9. The maximum Gasteiger partial charge on any atom is 0.326 e. The predicted molar refractivity (Wildman–Crippen MR) is 120 cm³/mol. The minimum Gasteiger partial charge on any atom is -0.443 e. The summed E-state index contributed by atoms with van der Waals surface area (Å²) in [6, 6.07) is 23.3. The molecular formula is C25H23NO4S. The highest BCUT2D eigenvalue weighted by atomic mass is 32.2. The zero-order valence-electron chi connectivity index (χ0n) is 17.1. The molecule has 31 heavy (non-hydrogen) atoms. The van der Waals surface area contributed by atoms with Gasteiger partial charge in [-0.1, -0.05) is 84.3 Å². The number of hydrogen-bond acceptors (Lipinski definition) is 4. The summed E-state index contributed by atoms with van der Waals surface area (Å²) in [7, 11) is -3.95. The number of aryl methyl sites for hydroxylation is 1. The Kier molecular flexibility index (Phi) is 7.24. The van der Waals surface area contributed by atoms with Gasteiger partial charge in [0, 0.05) is 5.56 Å². The first kappa shape index (κ1) is 22.3. The summed E-state index contributed by atoms with van der Waals surface area (Å²) in [4.78, 5) is 13.1. The lowest BCUT2D eigenvalue weighted by molar-refractivity contribution is -0.148. The van der Waals surface area contributed by atoms with Gasteiger partial charge in [-0.15, -0.1) is 6.42 Å². The molecule has 3 rings (SSSR count). The summed E-state index contributed by atoms with van der Waals surface area (Å²) < 4.78 is 33.8. The number of hydrogen-bond donors (Lipinski definition) is 1. The lowest BCUT2D eigenvalue weighted by atomic mass is 10.1. The van der Waals surface area contributed by atoms with E-state index in [1.54, 1.807) is 36.4 Å². The van der Waals surface area contributed by atoms with Gasteiger partial charge < -0.3 is 4.74 Å². The molecule has 0 aliphatic carbocycles. The Hall–Kier alpha value is -3.40. The molecular weight excluding hydrogens is 410 g/mol. The van der Waals surface area contributed by atoms with Gasteiger partial charge in [-0.2, -0.15) is 4.72 Å². The second-order valence-corrected chi connectivity index (χ2v) is 8.78. The van der Waals surface area contributed by atoms with Crippen molar-refractivity contribution in [2.45, 2.75) is 30.4 Å². The zero-order chi connectivity index (χ0) is 22.3. The number of esters is 1. The van der Waals surface area contributed by atoms with Gasteiger partial charge in [0.2, 0.25) is 10.0 Å². The quantitative estimate of drug-likeness (QED) is 0.433. The number of sulfonamides is 1. The molecule has 0 aromatic heterocycles. The molecule has 0 unspecified atom stereocenters. The average Bonchev–Trinajstić information content (AvgIpc) is 2.78. The highest BCUT2D eigenvalue weighted by molar-refractivity contribution is 7.89. The summed E-state index contributed by atoms with van der Waals surface area (Å²) in [6.45, 7) is 1.86. The van der Waals surface area contributed by atoms with Crippen LogP contribution in [0.4, 0.5) is 0 Å². The summed E-state index contributed by atoms with van der Waals surface area (Å²) in [5.41, 5.74) is 2.35. The van der Waals surface area contributed by atoms with Gasteiger partial charge in [-0.25, -0.2) is 8.42 Å². The molecule has 0 aliphatic rings. The number of carbonyl (C=O) groups is 1. The molecule has 5 nitrogen and oxygen atoms in total. The monoisotopic (exact) mass is 433 g/mol. The average molecular weight is 434 g/mol. The van der Waals surface area contributed by atoms with E-state index in [9.17, 15) is 13.2 Å². The third-order valence-electron chi connectivity index (χ3n) is 4.68. The van der Waals surface area contributed by atoms with Crippen LogP contribution in [0.1, 0.15) is 22.8 Å². The fourth-order valence-electron chi connectivity index (χ4n) is 3.02. The Morgan fingerprint density at radius 2 is 1.55 bits per heavy atom. The highest BCUT2D eigenvalue weighted by Crippen LogP contribution is 2.19. The van der Waals surface area contributed by atoms with E-state index in [1.807, 2.05) is 43.3 Å². The topological polar surface area (TPSA) is 72.5 Å². The number of nitrogens with one attached hydrogen (secondary N) is 1. The Labute approximate surface area is 183 Å². The summed E-state index contributed by atoms with van der Waals surface area (Å²) in [5.74, 6) is 1.70. The molecule has 0 spiro atoms. The maximum absolute atomic E-state index is 13.0. The fourth-order valence-corrected chi connectivity index (χ4v) is 4.20. The molecule has 6 heteroatoms. The normalized spacial score (nSPS) is 13.0. The second kappa shape index (κ2) is 10.1. The van der Waals surface area contributed by atoms with Crippen molar-refractivity contribution < 1.29 is 17.9 Å². The van der Waals surface area contributed by atoms with Gasteiger partial charge in [-0.05, 0) is 31.0 Å². The molecule has 0 aliphatic heterocycles. The Morgan fingerprint density at radius 1 is 0.968 bits per heavy atom. The van der Waals surface area contributed by atoms with E-state index in [2.05, 4.69) is 10.6 Å². The Bertz CT molecular complexity index is 1150. The van der Waals surface area contributed by atoms with Gasteiger partial charge in [-0.3, -0.25) is 4.79 Å². The summed E-state index contributed by atoms with van der Waals surface area (Å²) >= 11 is 0. The molecule has 3 aromatic carbocycles. The van der Waals surface area contributed by atoms with Gasteiger partial charge >= 0.3 is 5.97 Å². The molecule has 0 saturated heterocycles. The molecule has 0 heterocycles. The van der Waals surface area contributed by atoms with E-state index in [0.717, 1.165) is 11.1 Å². The second-order valence-electron chi connectivity index (χ2n) is 7.07. The molecule has 0 fully saturated rings. The smallest absolute Gasteiger partial charge is 0.326 e. The molecule has 0 amide bonds. The van der Waals surface area contributed by atoms with Gasteiger partial charge in [0.25, 0.3) is 0 Å². The van der Waals surface area contributed by atoms with E-state index >= 15 is 0 Å². The van der Waals surface area contributed by atoms with Crippen LogP contribution in [0.5, 0.6) is 0 Å². The van der Waals surface area contributed by atoms with Gasteiger partial charge in [0.1, 0.15) is 6.04 Å². The molecule has 0 bridgehead atoms. The number of ether oxygens (including phenoxy) is 1. The summed E-state index contributed by atoms with van der Waals surface area (Å²) in [5, 5.41) is 0. The van der Waals surface area contributed by atoms with Crippen LogP contribution in [-0.2, 0) is 26.0 Å². The van der Waals surface area contributed by atoms with Crippen molar-refractivity contribution in [1.82, 2.24) is 4.72 Å². The van der Waals surface area contributed by atoms with Crippen molar-refractivity contribution in [3.63, 3.8) is 0 Å². The molecule has 3 aromatic rings. The van der Waals surface area contributed by atoms with E-state index in [4.69, 9.17) is 11.2 Å². The maximum atomic E-state index is 13.0. The van der Waals surface area contributed by atoms with Gasteiger partial charge in [0.15, 0.2) is 6.10 Å². The van der Waals surface area contributed by atoms with Crippen LogP contribution in [0.25, 0.3) is 0 Å². The van der Waals surface area contributed by atoms with Crippen molar-refractivity contribution in [1.29, 1.82) is 0 Å². The predicted octanol–water partition coefficient (Wildman–Crippen LogP) is 3.80. The van der Waals surface area contributed by atoms with Crippen molar-refractivity contribution in [3.8, 4) is 12.3 Å². The van der Waals surface area contributed by atoms with Gasteiger partial charge in [0.05, 0.1) is 4.90 Å². The molecule has 0 radical (unpaired) electrons. The largest absolute Gasteiger partial charge is 0.443 e. The minimum atomic E-state index is -3.95. The molecule has 1 N–H and O–H groups in total. The fraction of sp³-hybridized carbons (Fsp3) is 0.160. The number of benzene rings is 3. The van der Waals surface area contributed by atoms with Crippen molar-refractivity contribution in [2.24, 2.45) is 0 Å². The van der Waals surface area contributed by atoms with Crippen molar-refractivity contribution >= 4 is 16.0 Å². The molecule has 158 valence electrons. The van der Waals surface area contributed by atoms with Crippen LogP contribution in [0.15, 0.2) is 89.8 Å². The van der Waals surface area contributed by atoms with E-state index in [-0.39, 0.29) is 11.3 Å². The van der Waals surface area contributed by atoms with Crippen LogP contribution in [0, 0.1) is 19.3 Å². The minimum absolute atomic E-state index is 0.0699. The highest BCUT2D eigenvalue weighted by Gasteiger charge is 2.29. The van der Waals surface area contributed by atoms with Crippen molar-refractivity contribution in [3.05, 3.63) is 102 Å². The van der Waals surface area contributed by atoms with Crippen LogP contribution >= 0.6 is 0 Å². The first-order valence-corrected chi connectivity index (χ1v) is 11.2. The van der Waals surface area contributed by atoms with Crippen LogP contribution in [0.3, 0.4) is 0 Å². The number of terminal acetylenes is 1. The third kappa shape index (κ3) is 6.05. The summed E-state index contributed by atoms with van der Waals surface area (Å²) in [6.07, 6.45) is 4.77. The number of carbonyl (C=O) groups excluding carboxylic acids is 1. The third-order valence-corrected chi connectivity index (χ3v) is 6.17. The Morgan fingerprint density at radius 3 is 2.13 bits per heavy atom. The van der Waals surface area contributed by atoms with Crippen LogP contribution in [0.2, 0.25) is 0 Å². The standard InChI is InChI=1S/C25H23NO4S/c1-3-24(21-12-8-5-9-13-21)30-25(27)23(18-20-10-6-4-7-11-20)26-31(28,29)22-16-14-19(2)15-17-22/h1,4-17,23-24,26H,18H2,2H3/t23-,24+/m0/s1. The lowest BCUT2D eigenvalue weighted by Gasteiger charge is -2.20. The van der Waals surface area contributed by atoms with E-state index in [0.29, 0.717) is 5.56 Å². The Balaban J connectivity index is 1.86. The molecule has 2 atom stereocenters.